The first kappa shape index (κ1) is 19.3. The molecule has 0 saturated carbocycles. The summed E-state index contributed by atoms with van der Waals surface area (Å²) >= 11 is 1.29. The van der Waals surface area contributed by atoms with Crippen LogP contribution in [0.15, 0.2) is 72.1 Å². The molecule has 28 heavy (non-hydrogen) atoms. The number of carbonyl (C=O) groups is 3. The Morgan fingerprint density at radius 1 is 0.929 bits per heavy atom. The summed E-state index contributed by atoms with van der Waals surface area (Å²) in [5, 5.41) is 7.28. The van der Waals surface area contributed by atoms with Gasteiger partial charge in [0.05, 0.1) is 23.2 Å². The third-order valence-corrected chi connectivity index (χ3v) is 4.87. The van der Waals surface area contributed by atoms with E-state index in [0.717, 1.165) is 0 Å². The largest absolute Gasteiger partial charge is 0.465 e. The molecule has 3 aromatic rings. The smallest absolute Gasteiger partial charge is 0.339 e. The molecule has 0 fully saturated rings. The first-order valence-corrected chi connectivity index (χ1v) is 9.35. The number of hydrogen-bond donors (Lipinski definition) is 2. The molecule has 1 atom stereocenters. The third kappa shape index (κ3) is 4.44. The van der Waals surface area contributed by atoms with E-state index in [9.17, 15) is 14.4 Å². The molecule has 2 N–H and O–H groups in total. The van der Waals surface area contributed by atoms with Crippen molar-refractivity contribution in [3.8, 4) is 0 Å². The minimum Gasteiger partial charge on any atom is -0.465 e. The predicted octanol–water partition coefficient (Wildman–Crippen LogP) is 3.64. The number of para-hydroxylation sites is 1. The highest BCUT2D eigenvalue weighted by molar-refractivity contribution is 7.12. The Labute approximate surface area is 166 Å². The van der Waals surface area contributed by atoms with Gasteiger partial charge in [0, 0.05) is 0 Å². The second-order valence-electron chi connectivity index (χ2n) is 5.82. The first-order valence-electron chi connectivity index (χ1n) is 8.47. The van der Waals surface area contributed by atoms with Crippen LogP contribution >= 0.6 is 11.3 Å². The van der Waals surface area contributed by atoms with Crippen molar-refractivity contribution < 1.29 is 19.1 Å². The highest BCUT2D eigenvalue weighted by Crippen LogP contribution is 2.21. The monoisotopic (exact) mass is 394 g/mol. The Morgan fingerprint density at radius 2 is 1.64 bits per heavy atom. The van der Waals surface area contributed by atoms with Crippen LogP contribution in [0.4, 0.5) is 5.69 Å². The fourth-order valence-electron chi connectivity index (χ4n) is 2.64. The van der Waals surface area contributed by atoms with Crippen molar-refractivity contribution in [3.63, 3.8) is 0 Å². The Hall–Kier alpha value is -3.45. The summed E-state index contributed by atoms with van der Waals surface area (Å²) in [4.78, 5) is 38.0. The van der Waals surface area contributed by atoms with Gasteiger partial charge in [-0.3, -0.25) is 9.59 Å². The lowest BCUT2D eigenvalue weighted by Gasteiger charge is -2.19. The van der Waals surface area contributed by atoms with Crippen molar-refractivity contribution in [1.82, 2.24) is 5.32 Å². The number of benzene rings is 2. The van der Waals surface area contributed by atoms with E-state index in [-0.39, 0.29) is 11.5 Å². The molecule has 1 aromatic heterocycles. The Bertz CT molecular complexity index is 971. The molecule has 0 aliphatic heterocycles. The maximum atomic E-state index is 13.0. The van der Waals surface area contributed by atoms with Gasteiger partial charge in [-0.1, -0.05) is 48.5 Å². The number of amides is 2. The molecular formula is C21H18N2O4S. The minimum atomic E-state index is -0.929. The Morgan fingerprint density at radius 3 is 2.32 bits per heavy atom. The van der Waals surface area contributed by atoms with Crippen LogP contribution in [-0.4, -0.2) is 24.9 Å². The zero-order valence-corrected chi connectivity index (χ0v) is 15.9. The number of anilines is 1. The highest BCUT2D eigenvalue weighted by atomic mass is 32.1. The second-order valence-corrected chi connectivity index (χ2v) is 6.77. The van der Waals surface area contributed by atoms with Crippen LogP contribution in [0, 0.1) is 0 Å². The summed E-state index contributed by atoms with van der Waals surface area (Å²) < 4.78 is 4.76. The SMILES string of the molecule is COC(=O)c1ccccc1NC(=O)[C@H](NC(=O)c1cccs1)c1ccccc1. The van der Waals surface area contributed by atoms with E-state index in [0.29, 0.717) is 16.1 Å². The fourth-order valence-corrected chi connectivity index (χ4v) is 3.27. The van der Waals surface area contributed by atoms with Gasteiger partial charge in [0.15, 0.2) is 0 Å². The topological polar surface area (TPSA) is 84.5 Å². The quantitative estimate of drug-likeness (QED) is 0.625. The van der Waals surface area contributed by atoms with Crippen molar-refractivity contribution >= 4 is 34.8 Å². The normalized spacial score (nSPS) is 11.3. The average molecular weight is 394 g/mol. The van der Waals surface area contributed by atoms with Crippen molar-refractivity contribution in [2.24, 2.45) is 0 Å². The number of methoxy groups -OCH3 is 1. The van der Waals surface area contributed by atoms with E-state index in [1.165, 1.54) is 18.4 Å². The lowest BCUT2D eigenvalue weighted by Crippen LogP contribution is -2.37. The van der Waals surface area contributed by atoms with Gasteiger partial charge in [-0.25, -0.2) is 4.79 Å². The van der Waals surface area contributed by atoms with Crippen molar-refractivity contribution in [3.05, 3.63) is 88.1 Å². The standard InChI is InChI=1S/C21H18N2O4S/c1-27-21(26)15-10-5-6-11-16(15)22-20(25)18(14-8-3-2-4-9-14)23-19(24)17-12-7-13-28-17/h2-13,18H,1H3,(H,22,25)(H,23,24)/t18-/m1/s1. The molecule has 0 bridgehead atoms. The number of carbonyl (C=O) groups excluding carboxylic acids is 3. The molecule has 142 valence electrons. The zero-order chi connectivity index (χ0) is 19.9. The Kier molecular flexibility index (Phi) is 6.18. The summed E-state index contributed by atoms with van der Waals surface area (Å²) in [5.41, 5.74) is 1.17. The summed E-state index contributed by atoms with van der Waals surface area (Å²) in [7, 11) is 1.27. The maximum Gasteiger partial charge on any atom is 0.339 e. The van der Waals surface area contributed by atoms with E-state index in [1.807, 2.05) is 6.07 Å². The molecular weight excluding hydrogens is 376 g/mol. The van der Waals surface area contributed by atoms with E-state index < -0.39 is 17.9 Å². The summed E-state index contributed by atoms with van der Waals surface area (Å²) in [6.45, 7) is 0. The Balaban J connectivity index is 1.87. The summed E-state index contributed by atoms with van der Waals surface area (Å²) in [6.07, 6.45) is 0. The number of esters is 1. The molecule has 0 radical (unpaired) electrons. The van der Waals surface area contributed by atoms with Crippen LogP contribution in [0.25, 0.3) is 0 Å². The first-order chi connectivity index (χ1) is 13.6. The van der Waals surface area contributed by atoms with Gasteiger partial charge < -0.3 is 15.4 Å². The maximum absolute atomic E-state index is 13.0. The van der Waals surface area contributed by atoms with Gasteiger partial charge in [0.1, 0.15) is 6.04 Å². The number of nitrogens with one attached hydrogen (secondary N) is 2. The van der Waals surface area contributed by atoms with Gasteiger partial charge in [-0.05, 0) is 29.1 Å². The highest BCUT2D eigenvalue weighted by Gasteiger charge is 2.25. The number of hydrogen-bond acceptors (Lipinski definition) is 5. The van der Waals surface area contributed by atoms with Crippen LogP contribution in [0.3, 0.4) is 0 Å². The predicted molar refractivity (Wildman–Crippen MR) is 107 cm³/mol. The van der Waals surface area contributed by atoms with Crippen LogP contribution in [0.1, 0.15) is 31.6 Å². The molecule has 6 nitrogen and oxygen atoms in total. The molecule has 7 heteroatoms. The van der Waals surface area contributed by atoms with E-state index in [1.54, 1.807) is 66.0 Å². The molecule has 0 spiro atoms. The molecule has 0 aliphatic carbocycles. The number of ether oxygens (including phenoxy) is 1. The summed E-state index contributed by atoms with van der Waals surface area (Å²) in [5.74, 6) is -1.37. The van der Waals surface area contributed by atoms with Crippen molar-refractivity contribution in [1.29, 1.82) is 0 Å². The second kappa shape index (κ2) is 8.96. The number of rotatable bonds is 6. The zero-order valence-electron chi connectivity index (χ0n) is 15.0. The van der Waals surface area contributed by atoms with Crippen LogP contribution in [-0.2, 0) is 9.53 Å². The molecule has 1 heterocycles. The lowest BCUT2D eigenvalue weighted by molar-refractivity contribution is -0.118. The third-order valence-electron chi connectivity index (χ3n) is 4.01. The van der Waals surface area contributed by atoms with Gasteiger partial charge >= 0.3 is 5.97 Å². The lowest BCUT2D eigenvalue weighted by atomic mass is 10.1. The van der Waals surface area contributed by atoms with Gasteiger partial charge in [0.25, 0.3) is 11.8 Å². The van der Waals surface area contributed by atoms with Gasteiger partial charge in [0.2, 0.25) is 0 Å². The minimum absolute atomic E-state index is 0.231. The van der Waals surface area contributed by atoms with Crippen LogP contribution in [0.5, 0.6) is 0 Å². The fraction of sp³-hybridized carbons (Fsp3) is 0.0952. The molecule has 0 aliphatic rings. The van der Waals surface area contributed by atoms with Crippen LogP contribution in [0.2, 0.25) is 0 Å². The van der Waals surface area contributed by atoms with Crippen molar-refractivity contribution in [2.75, 3.05) is 12.4 Å². The summed E-state index contributed by atoms with van der Waals surface area (Å²) in [6, 6.07) is 18.0. The molecule has 0 saturated heterocycles. The molecule has 3 rings (SSSR count). The molecule has 2 amide bonds. The van der Waals surface area contributed by atoms with E-state index >= 15 is 0 Å². The van der Waals surface area contributed by atoms with Crippen molar-refractivity contribution in [2.45, 2.75) is 6.04 Å². The number of thiophene rings is 1. The molecule has 0 unspecified atom stereocenters. The molecule has 2 aromatic carbocycles. The van der Waals surface area contributed by atoms with E-state index in [2.05, 4.69) is 10.6 Å². The van der Waals surface area contributed by atoms with E-state index in [4.69, 9.17) is 4.74 Å². The van der Waals surface area contributed by atoms with Gasteiger partial charge in [-0.2, -0.15) is 0 Å². The van der Waals surface area contributed by atoms with Gasteiger partial charge in [-0.15, -0.1) is 11.3 Å². The average Bonchev–Trinajstić information content (AvgIpc) is 3.27. The van der Waals surface area contributed by atoms with Crippen LogP contribution < -0.4 is 10.6 Å².